The first kappa shape index (κ1) is 16.1. The largest absolute Gasteiger partial charge is 0.380 e. The normalized spacial score (nSPS) is 21.2. The van der Waals surface area contributed by atoms with E-state index in [4.69, 9.17) is 23.4 Å². The highest BCUT2D eigenvalue weighted by molar-refractivity contribution is 5.98. The van der Waals surface area contributed by atoms with Gasteiger partial charge >= 0.3 is 0 Å². The van der Waals surface area contributed by atoms with Gasteiger partial charge in [0.1, 0.15) is 6.10 Å². The second kappa shape index (κ2) is 8.24. The fourth-order valence-corrected chi connectivity index (χ4v) is 2.80. The van der Waals surface area contributed by atoms with Crippen molar-refractivity contribution in [1.82, 2.24) is 0 Å². The van der Waals surface area contributed by atoms with E-state index in [1.54, 1.807) is 14.2 Å². The molecule has 1 heterocycles. The zero-order valence-corrected chi connectivity index (χ0v) is 13.9. The zero-order chi connectivity index (χ0) is 13.4. The van der Waals surface area contributed by atoms with Gasteiger partial charge in [0.05, 0.1) is 13.2 Å². The predicted octanol–water partition coefficient (Wildman–Crippen LogP) is 0.452. The summed E-state index contributed by atoms with van der Waals surface area (Å²) in [6.07, 6.45) is 3.47. The Bertz CT molecular complexity index is 210. The van der Waals surface area contributed by atoms with Crippen molar-refractivity contribution in [3.63, 3.8) is 0 Å². The zero-order valence-electron chi connectivity index (χ0n) is 11.9. The Labute approximate surface area is 113 Å². The highest BCUT2D eigenvalue weighted by Crippen LogP contribution is 2.27. The van der Waals surface area contributed by atoms with Crippen LogP contribution in [0.2, 0.25) is 0 Å². The monoisotopic (exact) mass is 278 g/mol. The maximum Gasteiger partial charge on any atom is 0.274 e. The number of unbranched alkanes of at least 4 members (excludes halogenated alkanes) is 1. The first-order valence-electron chi connectivity index (χ1n) is 6.53. The van der Waals surface area contributed by atoms with E-state index in [0.717, 1.165) is 39.1 Å². The van der Waals surface area contributed by atoms with Gasteiger partial charge in [-0.05, 0) is 12.8 Å². The molecule has 18 heavy (non-hydrogen) atoms. The van der Waals surface area contributed by atoms with Crippen LogP contribution < -0.4 is 0 Å². The van der Waals surface area contributed by atoms with E-state index >= 15 is 0 Å². The van der Waals surface area contributed by atoms with Crippen molar-refractivity contribution in [3.05, 3.63) is 0 Å². The van der Waals surface area contributed by atoms with E-state index in [1.165, 1.54) is 0 Å². The van der Waals surface area contributed by atoms with Gasteiger partial charge in [-0.2, -0.15) is 0 Å². The summed E-state index contributed by atoms with van der Waals surface area (Å²) in [7, 11) is 3.83. The van der Waals surface area contributed by atoms with Crippen molar-refractivity contribution in [2.75, 3.05) is 34.0 Å². The third-order valence-electron chi connectivity index (χ3n) is 3.34. The summed E-state index contributed by atoms with van der Waals surface area (Å²) in [5, 5.41) is 0. The van der Waals surface area contributed by atoms with Crippen molar-refractivity contribution in [2.24, 2.45) is 5.92 Å². The van der Waals surface area contributed by atoms with Crippen LogP contribution in [-0.2, 0) is 23.4 Å². The summed E-state index contributed by atoms with van der Waals surface area (Å²) in [6, 6.07) is 0. The summed E-state index contributed by atoms with van der Waals surface area (Å²) >= 11 is 0. The summed E-state index contributed by atoms with van der Waals surface area (Å²) in [5.74, 6) is -0.661. The number of hydrogen-bond acceptors (Lipinski definition) is 5. The summed E-state index contributed by atoms with van der Waals surface area (Å²) < 4.78 is 26.7. The van der Waals surface area contributed by atoms with Crippen LogP contribution in [0, 0.1) is 5.92 Å². The first-order chi connectivity index (χ1) is 8.68. The lowest BCUT2D eigenvalue weighted by Gasteiger charge is -2.35. The minimum absolute atomic E-state index is 0.205. The quantitative estimate of drug-likeness (QED) is 0.238. The molecular formula is C12H26O5Si. The van der Waals surface area contributed by atoms with Gasteiger partial charge in [0.2, 0.25) is 0 Å². The lowest BCUT2D eigenvalue weighted by Crippen LogP contribution is -2.43. The Morgan fingerprint density at radius 2 is 2.00 bits per heavy atom. The van der Waals surface area contributed by atoms with Crippen molar-refractivity contribution >= 4 is 10.5 Å². The molecule has 108 valence electrons. The minimum Gasteiger partial charge on any atom is -0.380 e. The average molecular weight is 278 g/mol. The molecule has 0 aromatic carbocycles. The van der Waals surface area contributed by atoms with E-state index in [2.05, 4.69) is 6.92 Å². The molecule has 1 rings (SSSR count). The molecule has 6 heteroatoms. The van der Waals surface area contributed by atoms with Crippen LogP contribution in [0.1, 0.15) is 26.2 Å². The minimum atomic E-state index is -0.866. The first-order valence-corrected chi connectivity index (χ1v) is 7.35. The molecule has 0 bridgehead atoms. The fourth-order valence-electron chi connectivity index (χ4n) is 2.06. The standard InChI is InChI=1S/C12H26O5Si/c1-10(12(13-2,14-3)17-18)6-4-5-7-15-8-11-9-16-11/h10-11H,4-9H2,1-3,18H3. The summed E-state index contributed by atoms with van der Waals surface area (Å²) in [6.45, 7) is 4.48. The third-order valence-corrected chi connectivity index (χ3v) is 3.91. The maximum atomic E-state index is 5.49. The molecule has 0 spiro atoms. The maximum absolute atomic E-state index is 5.49. The Balaban J connectivity index is 2.08. The van der Waals surface area contributed by atoms with E-state index < -0.39 is 5.97 Å². The molecular weight excluding hydrogens is 252 g/mol. The van der Waals surface area contributed by atoms with Crippen molar-refractivity contribution < 1.29 is 23.4 Å². The highest BCUT2D eigenvalue weighted by Gasteiger charge is 2.35. The van der Waals surface area contributed by atoms with E-state index in [1.807, 2.05) is 0 Å². The van der Waals surface area contributed by atoms with Crippen molar-refractivity contribution in [3.8, 4) is 0 Å². The summed E-state index contributed by atoms with van der Waals surface area (Å²) in [4.78, 5) is 0. The number of rotatable bonds is 11. The van der Waals surface area contributed by atoms with Crippen LogP contribution in [0.5, 0.6) is 0 Å². The number of epoxide rings is 1. The summed E-state index contributed by atoms with van der Waals surface area (Å²) in [5.41, 5.74) is 0. The lowest BCUT2D eigenvalue weighted by atomic mass is 10.0. The second-order valence-electron chi connectivity index (χ2n) is 4.64. The van der Waals surface area contributed by atoms with Gasteiger partial charge in [-0.1, -0.05) is 13.3 Å². The van der Waals surface area contributed by atoms with Gasteiger partial charge in [0, 0.05) is 26.7 Å². The molecule has 0 saturated carbocycles. The fraction of sp³-hybridized carbons (Fsp3) is 1.00. The molecule has 2 unspecified atom stereocenters. The third kappa shape index (κ3) is 4.95. The smallest absolute Gasteiger partial charge is 0.274 e. The Morgan fingerprint density at radius 3 is 2.50 bits per heavy atom. The molecule has 0 radical (unpaired) electrons. The molecule has 5 nitrogen and oxygen atoms in total. The van der Waals surface area contributed by atoms with E-state index in [0.29, 0.717) is 16.6 Å². The number of methoxy groups -OCH3 is 2. The van der Waals surface area contributed by atoms with Gasteiger partial charge in [0.15, 0.2) is 10.5 Å². The van der Waals surface area contributed by atoms with Crippen LogP contribution in [0.15, 0.2) is 0 Å². The number of ether oxygens (including phenoxy) is 4. The average Bonchev–Trinajstić information content (AvgIpc) is 3.20. The van der Waals surface area contributed by atoms with Crippen molar-refractivity contribution in [2.45, 2.75) is 38.3 Å². The molecule has 0 N–H and O–H groups in total. The molecule has 1 fully saturated rings. The van der Waals surface area contributed by atoms with E-state index in [9.17, 15) is 0 Å². The molecule has 0 amide bonds. The topological polar surface area (TPSA) is 49.5 Å². The molecule has 2 atom stereocenters. The van der Waals surface area contributed by atoms with Gasteiger partial charge in [-0.15, -0.1) is 0 Å². The predicted molar refractivity (Wildman–Crippen MR) is 71.3 cm³/mol. The number of hydrogen-bond donors (Lipinski definition) is 0. The van der Waals surface area contributed by atoms with E-state index in [-0.39, 0.29) is 5.92 Å². The molecule has 0 aliphatic carbocycles. The van der Waals surface area contributed by atoms with Gasteiger partial charge in [0.25, 0.3) is 5.97 Å². The van der Waals surface area contributed by atoms with Gasteiger partial charge < -0.3 is 23.4 Å². The van der Waals surface area contributed by atoms with Crippen LogP contribution in [0.3, 0.4) is 0 Å². The highest BCUT2D eigenvalue weighted by atomic mass is 28.2. The van der Waals surface area contributed by atoms with Crippen LogP contribution in [-0.4, -0.2) is 56.6 Å². The molecule has 0 aromatic heterocycles. The van der Waals surface area contributed by atoms with Crippen LogP contribution >= 0.6 is 0 Å². The molecule has 1 saturated heterocycles. The molecule has 1 aliphatic rings. The Morgan fingerprint density at radius 1 is 1.33 bits per heavy atom. The van der Waals surface area contributed by atoms with Gasteiger partial charge in [-0.25, -0.2) is 0 Å². The second-order valence-corrected chi connectivity index (χ2v) is 5.05. The van der Waals surface area contributed by atoms with Gasteiger partial charge in [-0.3, -0.25) is 0 Å². The van der Waals surface area contributed by atoms with Crippen molar-refractivity contribution in [1.29, 1.82) is 0 Å². The Hall–Kier alpha value is 0.0169. The SMILES string of the molecule is COC(OC)(O[SiH3])C(C)CCCCOCC1CO1. The Kier molecular flexibility index (Phi) is 7.36. The van der Waals surface area contributed by atoms with Crippen LogP contribution in [0.25, 0.3) is 0 Å². The lowest BCUT2D eigenvalue weighted by molar-refractivity contribution is -0.348. The van der Waals surface area contributed by atoms with Crippen LogP contribution in [0.4, 0.5) is 0 Å². The molecule has 0 aromatic rings. The molecule has 1 aliphatic heterocycles.